The van der Waals surface area contributed by atoms with Gasteiger partial charge >= 0.3 is 270 Å². The van der Waals surface area contributed by atoms with Gasteiger partial charge < -0.3 is 0 Å². The first-order chi connectivity index (χ1) is 22.0. The van der Waals surface area contributed by atoms with Gasteiger partial charge in [-0.25, -0.2) is 0 Å². The molecule has 2 aliphatic carbocycles. The van der Waals surface area contributed by atoms with Gasteiger partial charge in [-0.1, -0.05) is 0 Å². The average Bonchev–Trinajstić information content (AvgIpc) is 3.47. The Morgan fingerprint density at radius 1 is 0.689 bits per heavy atom. The first-order valence-electron chi connectivity index (χ1n) is 15.9. The fourth-order valence-corrected chi connectivity index (χ4v) is 6.85. The van der Waals surface area contributed by atoms with E-state index in [-0.39, 0.29) is 0 Å². The summed E-state index contributed by atoms with van der Waals surface area (Å²) in [5.41, 5.74) is 16.7. The summed E-state index contributed by atoms with van der Waals surface area (Å²) in [5.74, 6) is 0.329. The Hall–Kier alpha value is -4.81. The number of rotatable bonds is 7. The molecule has 5 aromatic carbocycles. The Labute approximate surface area is 269 Å². The molecule has 1 unspecified atom stereocenters. The molecule has 0 aromatic heterocycles. The van der Waals surface area contributed by atoms with Crippen molar-refractivity contribution < 1.29 is 0 Å². The van der Waals surface area contributed by atoms with Crippen LogP contribution in [0.2, 0.25) is 0 Å². The minimum absolute atomic E-state index is 0.329. The summed E-state index contributed by atoms with van der Waals surface area (Å²) in [5, 5.41) is 1.28. The third-order valence-corrected chi connectivity index (χ3v) is 9.22. The molecule has 0 bridgehead atoms. The van der Waals surface area contributed by atoms with Crippen LogP contribution in [0.15, 0.2) is 146 Å². The Balaban J connectivity index is 1.28. The van der Waals surface area contributed by atoms with E-state index in [1.165, 1.54) is 66.5 Å². The topological polar surface area (TPSA) is 0 Å². The van der Waals surface area contributed by atoms with Crippen LogP contribution in [-0.4, -0.2) is 24.7 Å². The third-order valence-electron chi connectivity index (χ3n) is 9.22. The zero-order valence-corrected chi connectivity index (χ0v) is 26.1. The van der Waals surface area contributed by atoms with Crippen LogP contribution < -0.4 is 0 Å². The molecule has 5 aromatic rings. The quantitative estimate of drug-likeness (QED) is 0.167. The number of allylic oxidation sites excluding steroid dienone is 4. The molecule has 2 heteroatoms. The molecule has 0 spiro atoms. The van der Waals surface area contributed by atoms with Crippen LogP contribution in [0.4, 0.5) is 0 Å². The maximum absolute atomic E-state index is 4.42. The van der Waals surface area contributed by atoms with Gasteiger partial charge in [0, 0.05) is 0 Å². The molecular formula is C43H36B2. The number of hydrogen-bond donors (Lipinski definition) is 0. The van der Waals surface area contributed by atoms with Crippen LogP contribution in [0.25, 0.3) is 38.9 Å². The fraction of sp³-hybridized carbons (Fsp3) is 0.116. The van der Waals surface area contributed by atoms with E-state index < -0.39 is 0 Å². The normalized spacial score (nSPS) is 15.2. The molecule has 0 N–H and O–H groups in total. The first kappa shape index (κ1) is 28.9. The summed E-state index contributed by atoms with van der Waals surface area (Å²) in [6.45, 7) is 13.4. The molecule has 214 valence electrons. The fourth-order valence-electron chi connectivity index (χ4n) is 6.85. The van der Waals surface area contributed by atoms with Crippen molar-refractivity contribution >= 4 is 30.1 Å². The summed E-state index contributed by atoms with van der Waals surface area (Å²) in [4.78, 5) is 0. The summed E-state index contributed by atoms with van der Waals surface area (Å²) in [6, 6.07) is 42.1. The van der Waals surface area contributed by atoms with Gasteiger partial charge in [-0.05, 0) is 0 Å². The van der Waals surface area contributed by atoms with Crippen LogP contribution in [-0.2, 0) is 6.42 Å². The molecule has 45 heavy (non-hydrogen) atoms. The third kappa shape index (κ3) is 5.98. The zero-order chi connectivity index (χ0) is 30.8. The minimum atomic E-state index is 0.329. The molecule has 0 nitrogen and oxygen atoms in total. The maximum atomic E-state index is 4.42. The molecular weight excluding hydrogens is 538 g/mol. The summed E-state index contributed by atoms with van der Waals surface area (Å²) >= 11 is 0. The van der Waals surface area contributed by atoms with Crippen molar-refractivity contribution in [3.8, 4) is 33.4 Å². The summed E-state index contributed by atoms with van der Waals surface area (Å²) in [6.07, 6.45) is 10.8. The predicted molar refractivity (Wildman–Crippen MR) is 198 cm³/mol. The van der Waals surface area contributed by atoms with Crippen molar-refractivity contribution in [3.05, 3.63) is 174 Å². The molecule has 0 aliphatic heterocycles. The van der Waals surface area contributed by atoms with Gasteiger partial charge in [-0.15, -0.1) is 0 Å². The molecule has 0 heterocycles. The van der Waals surface area contributed by atoms with Crippen LogP contribution >= 0.6 is 0 Å². The standard InChI is InChI=1S/C43H36B2/c1-29-13-12-19-36(27-29)39-25-26-40-38-20-11-10-18-37(38)28-41(40)42(39)34-23-21-33(22-24-34)31(3)45-43(35-16-8-5-9-17-35)44-30(2)32-14-6-4-7-15-32/h4-16,18-27,35H,2,17,28H2,1,3H3. The second kappa shape index (κ2) is 12.7. The van der Waals surface area contributed by atoms with Crippen molar-refractivity contribution in [1.29, 1.82) is 0 Å². The Morgan fingerprint density at radius 3 is 2.24 bits per heavy atom. The Kier molecular flexibility index (Phi) is 8.14. The summed E-state index contributed by atoms with van der Waals surface area (Å²) in [7, 11) is 0. The van der Waals surface area contributed by atoms with Crippen molar-refractivity contribution in [2.45, 2.75) is 26.7 Å². The molecule has 0 fully saturated rings. The van der Waals surface area contributed by atoms with Gasteiger partial charge in [0.05, 0.1) is 0 Å². The van der Waals surface area contributed by atoms with Gasteiger partial charge in [0.1, 0.15) is 0 Å². The van der Waals surface area contributed by atoms with Crippen molar-refractivity contribution in [1.82, 2.24) is 0 Å². The van der Waals surface area contributed by atoms with Gasteiger partial charge in [0.2, 0.25) is 0 Å². The van der Waals surface area contributed by atoms with E-state index in [9.17, 15) is 0 Å². The van der Waals surface area contributed by atoms with E-state index in [0.29, 0.717) is 5.92 Å². The molecule has 7 rings (SSSR count). The van der Waals surface area contributed by atoms with Crippen molar-refractivity contribution in [3.63, 3.8) is 0 Å². The molecule has 2 aliphatic rings. The van der Waals surface area contributed by atoms with Gasteiger partial charge in [-0.2, -0.15) is 0 Å². The number of hydrogen-bond acceptors (Lipinski definition) is 0. The number of fused-ring (bicyclic) bond motifs is 3. The van der Waals surface area contributed by atoms with Crippen molar-refractivity contribution in [2.24, 2.45) is 5.92 Å². The second-order valence-electron chi connectivity index (χ2n) is 12.3. The molecule has 0 saturated heterocycles. The van der Waals surface area contributed by atoms with E-state index in [1.807, 2.05) is 0 Å². The second-order valence-corrected chi connectivity index (χ2v) is 12.3. The van der Waals surface area contributed by atoms with Gasteiger partial charge in [0.25, 0.3) is 0 Å². The van der Waals surface area contributed by atoms with Crippen LogP contribution in [0.3, 0.4) is 0 Å². The van der Waals surface area contributed by atoms with E-state index in [0.717, 1.165) is 23.9 Å². The van der Waals surface area contributed by atoms with E-state index in [4.69, 9.17) is 0 Å². The Morgan fingerprint density at radius 2 is 1.47 bits per heavy atom. The zero-order valence-electron chi connectivity index (χ0n) is 26.1. The molecule has 0 radical (unpaired) electrons. The van der Waals surface area contributed by atoms with Gasteiger partial charge in [-0.3, -0.25) is 0 Å². The Bertz CT molecular complexity index is 2020. The first-order valence-corrected chi connectivity index (χ1v) is 15.9. The van der Waals surface area contributed by atoms with Gasteiger partial charge in [0.15, 0.2) is 0 Å². The average molecular weight is 574 g/mol. The number of benzene rings is 5. The predicted octanol–water partition coefficient (Wildman–Crippen LogP) is 9.78. The molecule has 1 atom stereocenters. The van der Waals surface area contributed by atoms with Crippen molar-refractivity contribution in [2.75, 3.05) is 0 Å². The van der Waals surface area contributed by atoms with E-state index in [1.54, 1.807) is 0 Å². The van der Waals surface area contributed by atoms with E-state index in [2.05, 4.69) is 174 Å². The summed E-state index contributed by atoms with van der Waals surface area (Å²) < 4.78 is 0. The SMILES string of the molecule is C=C(B=C(B=C(C)c1ccc(-c2c(-c3cccc(C)c3)ccc3c2Cc2ccccc2-3)cc1)C1C=CC=CC1)c1ccccc1. The van der Waals surface area contributed by atoms with E-state index >= 15 is 0 Å². The molecule has 0 saturated carbocycles. The van der Waals surface area contributed by atoms with Crippen LogP contribution in [0.1, 0.15) is 41.2 Å². The molecule has 0 amide bonds. The monoisotopic (exact) mass is 574 g/mol. The number of aryl methyl sites for hydroxylation is 1. The van der Waals surface area contributed by atoms with Crippen LogP contribution in [0, 0.1) is 12.8 Å². The van der Waals surface area contributed by atoms with Crippen LogP contribution in [0.5, 0.6) is 0 Å².